The van der Waals surface area contributed by atoms with Crippen LogP contribution < -0.4 is 0 Å². The van der Waals surface area contributed by atoms with Gasteiger partial charge in [0.15, 0.2) is 12.1 Å². The Balaban J connectivity index is 2.40. The highest BCUT2D eigenvalue weighted by atomic mass is 16.7. The molecule has 1 N–H and O–H groups in total. The summed E-state index contributed by atoms with van der Waals surface area (Å²) in [4.78, 5) is 11.7. The average molecular weight is 222 g/mol. The summed E-state index contributed by atoms with van der Waals surface area (Å²) < 4.78 is 10.5. The second-order valence-electron chi connectivity index (χ2n) is 3.94. The molecule has 1 saturated heterocycles. The van der Waals surface area contributed by atoms with Crippen molar-refractivity contribution in [3.8, 4) is 0 Å². The zero-order chi connectivity index (χ0) is 11.8. The van der Waals surface area contributed by atoms with Crippen LogP contribution >= 0.6 is 0 Å². The minimum absolute atomic E-state index is 0.0624. The molecule has 0 radical (unpaired) electrons. The van der Waals surface area contributed by atoms with E-state index in [0.717, 1.165) is 0 Å². The van der Waals surface area contributed by atoms with Gasteiger partial charge in [0, 0.05) is 7.11 Å². The number of carbonyl (C=O) groups excluding carboxylic acids is 1. The Morgan fingerprint density at radius 3 is 3.12 bits per heavy atom. The highest BCUT2D eigenvalue weighted by Crippen LogP contribution is 2.39. The third kappa shape index (κ3) is 1.55. The van der Waals surface area contributed by atoms with Crippen LogP contribution in [0, 0.1) is 5.92 Å². The Kier molecular flexibility index (Phi) is 2.80. The van der Waals surface area contributed by atoms with Crippen LogP contribution in [0.4, 0.5) is 0 Å². The van der Waals surface area contributed by atoms with Crippen molar-refractivity contribution in [2.24, 2.45) is 5.92 Å². The molecule has 86 valence electrons. The Morgan fingerprint density at radius 2 is 2.50 bits per heavy atom. The molecule has 1 heterocycles. The first-order valence-electron chi connectivity index (χ1n) is 5.05. The van der Waals surface area contributed by atoms with Gasteiger partial charge < -0.3 is 14.6 Å². The predicted octanol–water partition coefficient (Wildman–Crippen LogP) is 0.588. The van der Waals surface area contributed by atoms with E-state index in [2.05, 4.69) is 6.58 Å². The molecule has 16 heavy (non-hydrogen) atoms. The lowest BCUT2D eigenvalue weighted by Gasteiger charge is -2.38. The highest BCUT2D eigenvalue weighted by Gasteiger charge is 2.50. The van der Waals surface area contributed by atoms with Crippen LogP contribution in [0.15, 0.2) is 36.5 Å². The monoisotopic (exact) mass is 222 g/mol. The first kappa shape index (κ1) is 11.3. The fraction of sp³-hybridized carbons (Fsp3) is 0.417. The van der Waals surface area contributed by atoms with Crippen molar-refractivity contribution in [3.63, 3.8) is 0 Å². The van der Waals surface area contributed by atoms with Gasteiger partial charge in [0.1, 0.15) is 5.60 Å². The van der Waals surface area contributed by atoms with Gasteiger partial charge in [-0.3, -0.25) is 4.79 Å². The van der Waals surface area contributed by atoms with Gasteiger partial charge in [-0.2, -0.15) is 0 Å². The van der Waals surface area contributed by atoms with Crippen LogP contribution in [-0.4, -0.2) is 36.5 Å². The van der Waals surface area contributed by atoms with Crippen LogP contribution in [0.2, 0.25) is 0 Å². The van der Waals surface area contributed by atoms with Crippen molar-refractivity contribution >= 4 is 5.78 Å². The van der Waals surface area contributed by atoms with E-state index in [1.54, 1.807) is 12.2 Å². The zero-order valence-electron chi connectivity index (χ0n) is 9.05. The van der Waals surface area contributed by atoms with Gasteiger partial charge in [0.2, 0.25) is 0 Å². The first-order valence-corrected chi connectivity index (χ1v) is 5.05. The number of ketones is 1. The highest BCUT2D eigenvalue weighted by molar-refractivity contribution is 5.98. The summed E-state index contributed by atoms with van der Waals surface area (Å²) in [6.45, 7) is 3.65. The van der Waals surface area contributed by atoms with Crippen molar-refractivity contribution in [2.75, 3.05) is 13.7 Å². The number of methoxy groups -OCH3 is 1. The van der Waals surface area contributed by atoms with Crippen LogP contribution in [0.1, 0.15) is 0 Å². The molecule has 3 unspecified atom stereocenters. The Labute approximate surface area is 93.9 Å². The number of fused-ring (bicyclic) bond motifs is 1. The average Bonchev–Trinajstić information content (AvgIpc) is 2.56. The third-order valence-corrected chi connectivity index (χ3v) is 2.92. The maximum absolute atomic E-state index is 11.7. The molecular formula is C12H14O4. The number of hydrogen-bond donors (Lipinski definition) is 1. The van der Waals surface area contributed by atoms with E-state index in [9.17, 15) is 9.90 Å². The molecule has 1 aliphatic heterocycles. The molecule has 0 aromatic carbocycles. The molecule has 2 aliphatic rings. The van der Waals surface area contributed by atoms with E-state index in [4.69, 9.17) is 9.47 Å². The molecule has 0 spiro atoms. The second-order valence-corrected chi connectivity index (χ2v) is 3.94. The molecule has 0 bridgehead atoms. The number of ether oxygens (including phenoxy) is 2. The summed E-state index contributed by atoms with van der Waals surface area (Å²) in [6.07, 6.45) is 5.51. The van der Waals surface area contributed by atoms with Crippen molar-refractivity contribution in [1.82, 2.24) is 0 Å². The van der Waals surface area contributed by atoms with Gasteiger partial charge in [-0.15, -0.1) is 0 Å². The molecule has 1 fully saturated rings. The normalized spacial score (nSPS) is 40.1. The predicted molar refractivity (Wildman–Crippen MR) is 57.6 cm³/mol. The standard InChI is InChI=1S/C12H14O4/c1-3-4-8-10-9(13)5-6-12(10,14)7-16-11(8)15-2/h3-6,10-11,14H,1,7H2,2H3/b8-4+. The number of hydrogen-bond acceptors (Lipinski definition) is 4. The maximum Gasteiger partial charge on any atom is 0.180 e. The van der Waals surface area contributed by atoms with Crippen molar-refractivity contribution in [3.05, 3.63) is 36.5 Å². The summed E-state index contributed by atoms with van der Waals surface area (Å²) >= 11 is 0. The summed E-state index contributed by atoms with van der Waals surface area (Å²) in [5.74, 6) is -0.731. The molecule has 4 heteroatoms. The third-order valence-electron chi connectivity index (χ3n) is 2.92. The summed E-state index contributed by atoms with van der Waals surface area (Å²) in [6, 6.07) is 0. The number of allylic oxidation sites excluding steroid dienone is 3. The number of aliphatic hydroxyl groups is 1. The zero-order valence-corrected chi connectivity index (χ0v) is 9.05. The fourth-order valence-electron chi connectivity index (χ4n) is 2.21. The number of carbonyl (C=O) groups is 1. The molecule has 3 atom stereocenters. The van der Waals surface area contributed by atoms with Crippen molar-refractivity contribution in [1.29, 1.82) is 0 Å². The SMILES string of the molecule is C=C/C=C1/C(OC)OCC2(O)C=CC(=O)C12. The van der Waals surface area contributed by atoms with E-state index in [-0.39, 0.29) is 12.4 Å². The van der Waals surface area contributed by atoms with Crippen LogP contribution in [0.3, 0.4) is 0 Å². The topological polar surface area (TPSA) is 55.8 Å². The fourth-order valence-corrected chi connectivity index (χ4v) is 2.21. The van der Waals surface area contributed by atoms with E-state index in [1.165, 1.54) is 19.3 Å². The minimum Gasteiger partial charge on any atom is -0.382 e. The lowest BCUT2D eigenvalue weighted by Crippen LogP contribution is -2.50. The Bertz CT molecular complexity index is 382. The molecule has 4 nitrogen and oxygen atoms in total. The van der Waals surface area contributed by atoms with Crippen LogP contribution in [-0.2, 0) is 14.3 Å². The molecule has 0 aromatic rings. The molecular weight excluding hydrogens is 208 g/mol. The quantitative estimate of drug-likeness (QED) is 0.743. The minimum atomic E-state index is -1.24. The van der Waals surface area contributed by atoms with Gasteiger partial charge in [0.25, 0.3) is 0 Å². The smallest absolute Gasteiger partial charge is 0.180 e. The molecule has 0 aromatic heterocycles. The molecule has 0 amide bonds. The molecule has 1 aliphatic carbocycles. The molecule has 0 saturated carbocycles. The molecule has 2 rings (SSSR count). The van der Waals surface area contributed by atoms with Gasteiger partial charge >= 0.3 is 0 Å². The second kappa shape index (κ2) is 3.97. The van der Waals surface area contributed by atoms with Crippen molar-refractivity contribution in [2.45, 2.75) is 11.9 Å². The Morgan fingerprint density at radius 1 is 1.75 bits per heavy atom. The lowest BCUT2D eigenvalue weighted by atomic mass is 9.81. The number of rotatable bonds is 2. The van der Waals surface area contributed by atoms with Crippen LogP contribution in [0.5, 0.6) is 0 Å². The Hall–Kier alpha value is -1.23. The maximum atomic E-state index is 11.7. The lowest BCUT2D eigenvalue weighted by molar-refractivity contribution is -0.177. The van der Waals surface area contributed by atoms with E-state index < -0.39 is 17.8 Å². The van der Waals surface area contributed by atoms with E-state index in [0.29, 0.717) is 5.57 Å². The van der Waals surface area contributed by atoms with Gasteiger partial charge in [-0.05, 0) is 17.7 Å². The van der Waals surface area contributed by atoms with Crippen molar-refractivity contribution < 1.29 is 19.4 Å². The largest absolute Gasteiger partial charge is 0.382 e. The summed E-state index contributed by atoms with van der Waals surface area (Å²) in [7, 11) is 1.50. The van der Waals surface area contributed by atoms with Gasteiger partial charge in [0.05, 0.1) is 12.5 Å². The first-order chi connectivity index (χ1) is 7.62. The summed E-state index contributed by atoms with van der Waals surface area (Å²) in [5.41, 5.74) is -0.623. The van der Waals surface area contributed by atoms with E-state index >= 15 is 0 Å². The van der Waals surface area contributed by atoms with E-state index in [1.807, 2.05) is 0 Å². The summed E-state index contributed by atoms with van der Waals surface area (Å²) in [5, 5.41) is 10.2. The van der Waals surface area contributed by atoms with Gasteiger partial charge in [-0.1, -0.05) is 18.7 Å². The van der Waals surface area contributed by atoms with Gasteiger partial charge in [-0.25, -0.2) is 0 Å². The van der Waals surface area contributed by atoms with Crippen LogP contribution in [0.25, 0.3) is 0 Å².